The number of nitrogens with zero attached hydrogens (tertiary/aromatic N) is 2. The maximum Gasteiger partial charge on any atom is 0.0819 e. The van der Waals surface area contributed by atoms with Gasteiger partial charge in [0.2, 0.25) is 0 Å². The molecule has 0 aliphatic heterocycles. The minimum absolute atomic E-state index is 0.727. The van der Waals surface area contributed by atoms with E-state index in [1.54, 1.807) is 0 Å². The lowest BCUT2D eigenvalue weighted by molar-refractivity contribution is 0.844. The first-order valence-electron chi connectivity index (χ1n) is 7.28. The number of benzene rings is 2. The van der Waals surface area contributed by atoms with Crippen LogP contribution < -0.4 is 5.32 Å². The molecule has 0 fully saturated rings. The van der Waals surface area contributed by atoms with Gasteiger partial charge in [-0.2, -0.15) is 5.10 Å². The van der Waals surface area contributed by atoms with Gasteiger partial charge in [-0.05, 0) is 42.3 Å². The number of anilines is 1. The van der Waals surface area contributed by atoms with E-state index in [9.17, 15) is 0 Å². The zero-order valence-corrected chi connectivity index (χ0v) is 12.2. The van der Waals surface area contributed by atoms with E-state index >= 15 is 0 Å². The van der Waals surface area contributed by atoms with Gasteiger partial charge < -0.3 is 5.32 Å². The fourth-order valence-corrected chi connectivity index (χ4v) is 2.23. The predicted octanol–water partition coefficient (Wildman–Crippen LogP) is 4.05. The molecule has 3 aromatic rings. The molecule has 1 N–H and O–H groups in total. The average Bonchev–Trinajstić information content (AvgIpc) is 3.03. The predicted molar refractivity (Wildman–Crippen MR) is 86.7 cm³/mol. The van der Waals surface area contributed by atoms with Crippen LogP contribution in [0.25, 0.3) is 5.69 Å². The number of rotatable bonds is 5. The molecule has 1 aromatic heterocycles. The highest BCUT2D eigenvalue weighted by molar-refractivity contribution is 5.44. The molecular weight excluding hydrogens is 258 g/mol. The molecule has 0 radical (unpaired) electrons. The highest BCUT2D eigenvalue weighted by atomic mass is 15.3. The molecule has 1 heterocycles. The van der Waals surface area contributed by atoms with Crippen molar-refractivity contribution >= 4 is 5.69 Å². The van der Waals surface area contributed by atoms with Crippen LogP contribution in [0, 0.1) is 0 Å². The Morgan fingerprint density at radius 2 is 1.71 bits per heavy atom. The Morgan fingerprint density at radius 3 is 2.43 bits per heavy atom. The molecule has 0 atom stereocenters. The molecule has 21 heavy (non-hydrogen) atoms. The van der Waals surface area contributed by atoms with E-state index in [1.807, 2.05) is 47.3 Å². The molecule has 106 valence electrons. The zero-order valence-electron chi connectivity index (χ0n) is 12.2. The molecule has 3 heteroatoms. The van der Waals surface area contributed by atoms with E-state index in [0.29, 0.717) is 0 Å². The van der Waals surface area contributed by atoms with Gasteiger partial charge in [0.15, 0.2) is 0 Å². The number of hydrogen-bond acceptors (Lipinski definition) is 2. The van der Waals surface area contributed by atoms with Crippen molar-refractivity contribution in [2.24, 2.45) is 0 Å². The van der Waals surface area contributed by atoms with Gasteiger partial charge in [0.1, 0.15) is 0 Å². The second kappa shape index (κ2) is 6.27. The van der Waals surface area contributed by atoms with Crippen LogP contribution in [0.4, 0.5) is 5.69 Å². The summed E-state index contributed by atoms with van der Waals surface area (Å²) in [7, 11) is 0. The van der Waals surface area contributed by atoms with Gasteiger partial charge in [0.25, 0.3) is 0 Å². The fraction of sp³-hybridized carbons (Fsp3) is 0.167. The van der Waals surface area contributed by atoms with E-state index in [0.717, 1.165) is 30.0 Å². The van der Waals surface area contributed by atoms with Crippen molar-refractivity contribution in [3.05, 3.63) is 78.1 Å². The molecule has 0 aliphatic rings. The van der Waals surface area contributed by atoms with Crippen LogP contribution in [-0.2, 0) is 13.0 Å². The van der Waals surface area contributed by atoms with Gasteiger partial charge in [0.05, 0.1) is 17.9 Å². The lowest BCUT2D eigenvalue weighted by Gasteiger charge is -2.05. The van der Waals surface area contributed by atoms with E-state index < -0.39 is 0 Å². The first kappa shape index (κ1) is 13.4. The molecule has 3 nitrogen and oxygen atoms in total. The third-order valence-electron chi connectivity index (χ3n) is 3.50. The first-order valence-corrected chi connectivity index (χ1v) is 7.28. The molecule has 3 rings (SSSR count). The van der Waals surface area contributed by atoms with E-state index in [4.69, 9.17) is 0 Å². The molecule has 0 saturated heterocycles. The van der Waals surface area contributed by atoms with Crippen molar-refractivity contribution in [1.82, 2.24) is 9.78 Å². The molecule has 0 bridgehead atoms. The van der Waals surface area contributed by atoms with Crippen molar-refractivity contribution in [3.8, 4) is 5.69 Å². The van der Waals surface area contributed by atoms with Crippen molar-refractivity contribution in [3.63, 3.8) is 0 Å². The van der Waals surface area contributed by atoms with Crippen LogP contribution in [0.3, 0.4) is 0 Å². The number of aromatic nitrogens is 2. The number of hydrogen-bond donors (Lipinski definition) is 1. The maximum absolute atomic E-state index is 4.58. The number of para-hydroxylation sites is 1. The zero-order chi connectivity index (χ0) is 14.5. The smallest absolute Gasteiger partial charge is 0.0819 e. The normalized spacial score (nSPS) is 10.5. The minimum atomic E-state index is 0.727. The summed E-state index contributed by atoms with van der Waals surface area (Å²) in [6.07, 6.45) is 3.06. The molecule has 0 unspecified atom stereocenters. The van der Waals surface area contributed by atoms with E-state index in [-0.39, 0.29) is 0 Å². The summed E-state index contributed by atoms with van der Waals surface area (Å²) < 4.78 is 1.90. The molecule has 0 aliphatic carbocycles. The van der Waals surface area contributed by atoms with Gasteiger partial charge in [0, 0.05) is 11.9 Å². The van der Waals surface area contributed by atoms with E-state index in [2.05, 4.69) is 41.6 Å². The summed E-state index contributed by atoms with van der Waals surface area (Å²) in [5.74, 6) is 0. The standard InChI is InChI=1S/C18H19N3/c1-2-15-8-10-16(11-9-15)19-14-17-12-13-21(20-17)18-6-4-3-5-7-18/h3-13,19H,2,14H2,1H3. The molecular formula is C18H19N3. The Bertz CT molecular complexity index is 684. The summed E-state index contributed by atoms with van der Waals surface area (Å²) in [4.78, 5) is 0. The van der Waals surface area contributed by atoms with E-state index in [1.165, 1.54) is 5.56 Å². The Hall–Kier alpha value is -2.55. The van der Waals surface area contributed by atoms with Crippen molar-refractivity contribution in [2.75, 3.05) is 5.32 Å². The summed E-state index contributed by atoms with van der Waals surface area (Å²) in [5.41, 5.74) is 4.59. The number of aryl methyl sites for hydroxylation is 1. The lowest BCUT2D eigenvalue weighted by Crippen LogP contribution is -2.02. The summed E-state index contributed by atoms with van der Waals surface area (Å²) in [5, 5.41) is 7.98. The van der Waals surface area contributed by atoms with Gasteiger partial charge in [-0.15, -0.1) is 0 Å². The Balaban J connectivity index is 1.64. The fourth-order valence-electron chi connectivity index (χ4n) is 2.23. The van der Waals surface area contributed by atoms with Gasteiger partial charge in [-0.25, -0.2) is 4.68 Å². The second-order valence-corrected chi connectivity index (χ2v) is 4.99. The SMILES string of the molecule is CCc1ccc(NCc2ccn(-c3ccccc3)n2)cc1. The molecule has 2 aromatic carbocycles. The van der Waals surface area contributed by atoms with Gasteiger partial charge >= 0.3 is 0 Å². The average molecular weight is 277 g/mol. The molecule has 0 amide bonds. The third-order valence-corrected chi connectivity index (χ3v) is 3.50. The molecule has 0 spiro atoms. The minimum Gasteiger partial charge on any atom is -0.379 e. The largest absolute Gasteiger partial charge is 0.379 e. The maximum atomic E-state index is 4.58. The van der Waals surface area contributed by atoms with Crippen molar-refractivity contribution in [2.45, 2.75) is 19.9 Å². The van der Waals surface area contributed by atoms with Crippen LogP contribution in [0.1, 0.15) is 18.2 Å². The highest BCUT2D eigenvalue weighted by Crippen LogP contribution is 2.12. The Labute approximate surface area is 125 Å². The van der Waals surface area contributed by atoms with Gasteiger partial charge in [-0.3, -0.25) is 0 Å². The van der Waals surface area contributed by atoms with Crippen LogP contribution in [0.2, 0.25) is 0 Å². The number of nitrogens with one attached hydrogen (secondary N) is 1. The monoisotopic (exact) mass is 277 g/mol. The molecule has 0 saturated carbocycles. The topological polar surface area (TPSA) is 29.9 Å². The quantitative estimate of drug-likeness (QED) is 0.762. The van der Waals surface area contributed by atoms with Crippen LogP contribution >= 0.6 is 0 Å². The van der Waals surface area contributed by atoms with Crippen LogP contribution in [0.5, 0.6) is 0 Å². The summed E-state index contributed by atoms with van der Waals surface area (Å²) in [6, 6.07) is 20.7. The van der Waals surface area contributed by atoms with Crippen molar-refractivity contribution in [1.29, 1.82) is 0 Å². The van der Waals surface area contributed by atoms with Crippen LogP contribution in [-0.4, -0.2) is 9.78 Å². The van der Waals surface area contributed by atoms with Gasteiger partial charge in [-0.1, -0.05) is 37.3 Å². The Morgan fingerprint density at radius 1 is 0.952 bits per heavy atom. The third kappa shape index (κ3) is 3.31. The first-order chi connectivity index (χ1) is 10.3. The lowest BCUT2D eigenvalue weighted by atomic mass is 10.1. The summed E-state index contributed by atoms with van der Waals surface area (Å²) >= 11 is 0. The summed E-state index contributed by atoms with van der Waals surface area (Å²) in [6.45, 7) is 2.89. The van der Waals surface area contributed by atoms with Crippen molar-refractivity contribution < 1.29 is 0 Å². The van der Waals surface area contributed by atoms with Crippen LogP contribution in [0.15, 0.2) is 66.9 Å². The second-order valence-electron chi connectivity index (χ2n) is 4.99. The Kier molecular flexibility index (Phi) is 4.01. The highest BCUT2D eigenvalue weighted by Gasteiger charge is 2.01.